The van der Waals surface area contributed by atoms with Gasteiger partial charge >= 0.3 is 12.2 Å². The van der Waals surface area contributed by atoms with Gasteiger partial charge in [-0.1, -0.05) is 37.5 Å². The zero-order valence-electron chi connectivity index (χ0n) is 17.1. The Morgan fingerprint density at radius 1 is 1.19 bits per heavy atom. The number of benzene rings is 1. The Kier molecular flexibility index (Phi) is 6.02. The molecule has 2 heterocycles. The van der Waals surface area contributed by atoms with E-state index in [-0.39, 0.29) is 36.4 Å². The van der Waals surface area contributed by atoms with Crippen molar-refractivity contribution >= 4 is 6.03 Å². The number of hydrogen-bond acceptors (Lipinski definition) is 3. The summed E-state index contributed by atoms with van der Waals surface area (Å²) in [7, 11) is 0. The number of alkyl halides is 3. The minimum absolute atomic E-state index is 0.0578. The van der Waals surface area contributed by atoms with Gasteiger partial charge in [0.25, 0.3) is 5.56 Å². The minimum atomic E-state index is -4.47. The van der Waals surface area contributed by atoms with Gasteiger partial charge in [0.1, 0.15) is 5.82 Å². The van der Waals surface area contributed by atoms with Crippen molar-refractivity contribution in [2.24, 2.45) is 0 Å². The van der Waals surface area contributed by atoms with Gasteiger partial charge in [-0.05, 0) is 24.5 Å². The second kappa shape index (κ2) is 8.72. The van der Waals surface area contributed by atoms with Crippen molar-refractivity contribution in [2.75, 3.05) is 6.54 Å². The number of nitrogens with one attached hydrogen (secondary N) is 2. The van der Waals surface area contributed by atoms with Crippen LogP contribution in [0.1, 0.15) is 60.3 Å². The number of rotatable bonds is 3. The molecule has 0 saturated heterocycles. The van der Waals surface area contributed by atoms with Crippen molar-refractivity contribution in [3.63, 3.8) is 0 Å². The number of halogens is 3. The smallest absolute Gasteiger partial charge is 0.335 e. The summed E-state index contributed by atoms with van der Waals surface area (Å²) < 4.78 is 39.8. The van der Waals surface area contributed by atoms with E-state index in [2.05, 4.69) is 15.3 Å². The van der Waals surface area contributed by atoms with E-state index < -0.39 is 17.3 Å². The number of aromatic amines is 1. The molecule has 2 amide bonds. The molecular formula is C22H25F3N4O2. The number of amides is 2. The molecule has 0 atom stereocenters. The first-order chi connectivity index (χ1) is 14.8. The third kappa shape index (κ3) is 4.91. The lowest BCUT2D eigenvalue weighted by molar-refractivity contribution is -0.138. The molecule has 2 aromatic rings. The second-order valence-electron chi connectivity index (χ2n) is 8.23. The summed E-state index contributed by atoms with van der Waals surface area (Å²) >= 11 is 0. The molecule has 0 bridgehead atoms. The van der Waals surface area contributed by atoms with Crippen LogP contribution in [0.4, 0.5) is 18.0 Å². The largest absolute Gasteiger partial charge is 0.416 e. The van der Waals surface area contributed by atoms with Gasteiger partial charge in [0.15, 0.2) is 0 Å². The molecule has 2 aliphatic rings. The molecule has 9 heteroatoms. The van der Waals surface area contributed by atoms with Crippen LogP contribution in [0.5, 0.6) is 0 Å². The van der Waals surface area contributed by atoms with Crippen LogP contribution in [-0.4, -0.2) is 33.5 Å². The minimum Gasteiger partial charge on any atom is -0.335 e. The second-order valence-corrected chi connectivity index (χ2v) is 8.23. The number of carbonyl (C=O) groups is 1. The highest BCUT2D eigenvalue weighted by Crippen LogP contribution is 2.32. The van der Waals surface area contributed by atoms with Crippen LogP contribution >= 0.6 is 0 Å². The highest BCUT2D eigenvalue weighted by Gasteiger charge is 2.33. The Morgan fingerprint density at radius 3 is 2.68 bits per heavy atom. The standard InChI is InChI=1S/C22H25F3N4O2/c23-22(24,25)17-9-5-4-6-14(17)12-19-27-18-10-11-29(13-16(18)20(30)28-19)21(31)26-15-7-2-1-3-8-15/h4-6,9,15H,1-3,7-8,10-13H2,(H,26,31)(H,27,28,30). The third-order valence-corrected chi connectivity index (χ3v) is 6.02. The van der Waals surface area contributed by atoms with E-state index in [0.717, 1.165) is 31.7 Å². The summed E-state index contributed by atoms with van der Waals surface area (Å²) in [6, 6.07) is 5.27. The number of urea groups is 1. The molecule has 166 valence electrons. The lowest BCUT2D eigenvalue weighted by Crippen LogP contribution is -2.48. The molecule has 2 N–H and O–H groups in total. The van der Waals surface area contributed by atoms with E-state index >= 15 is 0 Å². The fraction of sp³-hybridized carbons (Fsp3) is 0.500. The SMILES string of the molecule is O=C(NC1CCCCC1)N1CCc2nc(Cc3ccccc3C(F)(F)F)[nH]c(=O)c2C1. The van der Waals surface area contributed by atoms with E-state index in [0.29, 0.717) is 24.2 Å². The maximum atomic E-state index is 13.3. The normalized spacial score (nSPS) is 17.3. The molecule has 1 fully saturated rings. The van der Waals surface area contributed by atoms with Crippen LogP contribution < -0.4 is 10.9 Å². The summed E-state index contributed by atoms with van der Waals surface area (Å²) in [5, 5.41) is 3.05. The summed E-state index contributed by atoms with van der Waals surface area (Å²) in [6.07, 6.45) is 1.16. The van der Waals surface area contributed by atoms with E-state index in [1.165, 1.54) is 24.6 Å². The lowest BCUT2D eigenvalue weighted by atomic mass is 9.95. The Morgan fingerprint density at radius 2 is 1.94 bits per heavy atom. The van der Waals surface area contributed by atoms with Crippen molar-refractivity contribution in [1.82, 2.24) is 20.2 Å². The monoisotopic (exact) mass is 434 g/mol. The molecule has 6 nitrogen and oxygen atoms in total. The predicted molar refractivity (Wildman–Crippen MR) is 109 cm³/mol. The number of H-pyrrole nitrogens is 1. The van der Waals surface area contributed by atoms with Crippen LogP contribution in [0.25, 0.3) is 0 Å². The lowest BCUT2D eigenvalue weighted by Gasteiger charge is -2.31. The zero-order chi connectivity index (χ0) is 22.0. The summed E-state index contributed by atoms with van der Waals surface area (Å²) in [4.78, 5) is 33.9. The fourth-order valence-electron chi connectivity index (χ4n) is 4.38. The summed E-state index contributed by atoms with van der Waals surface area (Å²) in [5.74, 6) is 0.195. The molecular weight excluding hydrogens is 409 g/mol. The van der Waals surface area contributed by atoms with Gasteiger partial charge in [0, 0.05) is 25.4 Å². The maximum absolute atomic E-state index is 13.3. The van der Waals surface area contributed by atoms with Crippen LogP contribution in [0.3, 0.4) is 0 Å². The first-order valence-corrected chi connectivity index (χ1v) is 10.6. The number of fused-ring (bicyclic) bond motifs is 1. The van der Waals surface area contributed by atoms with Gasteiger partial charge in [-0.3, -0.25) is 4.79 Å². The van der Waals surface area contributed by atoms with Gasteiger partial charge in [-0.15, -0.1) is 0 Å². The highest BCUT2D eigenvalue weighted by atomic mass is 19.4. The van der Waals surface area contributed by atoms with E-state index in [1.807, 2.05) is 0 Å². The van der Waals surface area contributed by atoms with Crippen molar-refractivity contribution in [1.29, 1.82) is 0 Å². The van der Waals surface area contributed by atoms with Crippen LogP contribution in [0.15, 0.2) is 29.1 Å². The molecule has 1 aromatic heterocycles. The predicted octanol–water partition coefficient (Wildman–Crippen LogP) is 3.78. The molecule has 31 heavy (non-hydrogen) atoms. The first kappa shape index (κ1) is 21.4. The molecule has 1 aliphatic heterocycles. The first-order valence-electron chi connectivity index (χ1n) is 10.6. The van der Waals surface area contributed by atoms with Gasteiger partial charge in [0.2, 0.25) is 0 Å². The van der Waals surface area contributed by atoms with Crippen LogP contribution in [0, 0.1) is 0 Å². The molecule has 0 unspecified atom stereocenters. The molecule has 1 aliphatic carbocycles. The van der Waals surface area contributed by atoms with Gasteiger partial charge < -0.3 is 15.2 Å². The Hall–Kier alpha value is -2.84. The maximum Gasteiger partial charge on any atom is 0.416 e. The molecule has 1 aromatic carbocycles. The number of nitrogens with zero attached hydrogens (tertiary/aromatic N) is 2. The van der Waals surface area contributed by atoms with Crippen LogP contribution in [-0.2, 0) is 25.6 Å². The quantitative estimate of drug-likeness (QED) is 0.772. The van der Waals surface area contributed by atoms with Crippen molar-refractivity contribution in [3.05, 3.63) is 62.8 Å². The van der Waals surface area contributed by atoms with Crippen molar-refractivity contribution in [3.8, 4) is 0 Å². The van der Waals surface area contributed by atoms with Gasteiger partial charge in [0.05, 0.1) is 23.4 Å². The fourth-order valence-corrected chi connectivity index (χ4v) is 4.38. The number of carbonyl (C=O) groups excluding carboxylic acids is 1. The Bertz CT molecular complexity index is 1010. The van der Waals surface area contributed by atoms with Crippen LogP contribution in [0.2, 0.25) is 0 Å². The van der Waals surface area contributed by atoms with Gasteiger partial charge in [-0.2, -0.15) is 13.2 Å². The molecule has 4 rings (SSSR count). The number of aromatic nitrogens is 2. The van der Waals surface area contributed by atoms with Gasteiger partial charge in [-0.25, -0.2) is 9.78 Å². The highest BCUT2D eigenvalue weighted by molar-refractivity contribution is 5.74. The zero-order valence-corrected chi connectivity index (χ0v) is 17.1. The summed E-state index contributed by atoms with van der Waals surface area (Å²) in [5.41, 5.74) is -0.133. The van der Waals surface area contributed by atoms with E-state index in [4.69, 9.17) is 0 Å². The average molecular weight is 434 g/mol. The van der Waals surface area contributed by atoms with E-state index in [9.17, 15) is 22.8 Å². The average Bonchev–Trinajstić information content (AvgIpc) is 2.74. The Labute approximate surface area is 177 Å². The third-order valence-electron chi connectivity index (χ3n) is 6.02. The van der Waals surface area contributed by atoms with Crippen molar-refractivity contribution < 1.29 is 18.0 Å². The topological polar surface area (TPSA) is 78.1 Å². The molecule has 0 radical (unpaired) electrons. The molecule has 0 spiro atoms. The number of hydrogen-bond donors (Lipinski definition) is 2. The van der Waals surface area contributed by atoms with E-state index in [1.54, 1.807) is 4.90 Å². The van der Waals surface area contributed by atoms with Crippen molar-refractivity contribution in [2.45, 2.75) is 63.7 Å². The Balaban J connectivity index is 1.49. The molecule has 1 saturated carbocycles. The summed E-state index contributed by atoms with van der Waals surface area (Å²) in [6.45, 7) is 0.566.